The number of carbonyl (C=O) groups is 1. The molecule has 0 aliphatic heterocycles. The van der Waals surface area contributed by atoms with Crippen LogP contribution in [0.15, 0.2) is 15.2 Å². The molecule has 1 heterocycles. The first-order valence-corrected chi connectivity index (χ1v) is 5.74. The summed E-state index contributed by atoms with van der Waals surface area (Å²) in [5.74, 6) is 0.899. The van der Waals surface area contributed by atoms with Crippen LogP contribution in [0.2, 0.25) is 0 Å². The monoisotopic (exact) mass is 244 g/mol. The molecule has 0 bridgehead atoms. The van der Waals surface area contributed by atoms with Gasteiger partial charge in [0.15, 0.2) is 0 Å². The summed E-state index contributed by atoms with van der Waals surface area (Å²) in [6, 6.07) is 0. The summed E-state index contributed by atoms with van der Waals surface area (Å²) in [6.45, 7) is 0. The van der Waals surface area contributed by atoms with Crippen molar-refractivity contribution in [1.29, 1.82) is 0 Å². The quantitative estimate of drug-likeness (QED) is 0.741. The summed E-state index contributed by atoms with van der Waals surface area (Å²) in [4.78, 5) is 11.0. The molecule has 0 N–H and O–H groups in total. The van der Waals surface area contributed by atoms with Gasteiger partial charge in [0, 0.05) is 22.7 Å². The molecule has 0 amide bonds. The predicted octanol–water partition coefficient (Wildman–Crippen LogP) is 3.35. The molecule has 1 aromatic rings. The maximum absolute atomic E-state index is 11.0. The first-order valence-electron chi connectivity index (χ1n) is 4.00. The van der Waals surface area contributed by atoms with Crippen molar-refractivity contribution >= 4 is 33.0 Å². The van der Waals surface area contributed by atoms with Crippen molar-refractivity contribution in [1.82, 2.24) is 0 Å². The van der Waals surface area contributed by atoms with E-state index in [0.717, 1.165) is 19.3 Å². The highest BCUT2D eigenvalue weighted by atomic mass is 79.9. The average Bonchev–Trinajstić information content (AvgIpc) is 2.58. The lowest BCUT2D eigenvalue weighted by Gasteiger charge is -2.05. The first-order chi connectivity index (χ1) is 5.77. The van der Waals surface area contributed by atoms with E-state index in [1.54, 1.807) is 11.3 Å². The molecule has 1 fully saturated rings. The third-order valence-corrected chi connectivity index (χ3v) is 4.08. The van der Waals surface area contributed by atoms with E-state index in [9.17, 15) is 4.79 Å². The Morgan fingerprint density at radius 3 is 2.83 bits per heavy atom. The Balaban J connectivity index is 2.21. The first kappa shape index (κ1) is 8.45. The SMILES string of the molecule is O=C1CCC(c2cscc2Br)C1. The van der Waals surface area contributed by atoms with Gasteiger partial charge in [0.05, 0.1) is 0 Å². The van der Waals surface area contributed by atoms with Crippen LogP contribution in [0.25, 0.3) is 0 Å². The summed E-state index contributed by atoms with van der Waals surface area (Å²) >= 11 is 5.19. The lowest BCUT2D eigenvalue weighted by Crippen LogP contribution is -1.92. The van der Waals surface area contributed by atoms with Gasteiger partial charge in [-0.05, 0) is 39.2 Å². The minimum absolute atomic E-state index is 0.415. The molecule has 64 valence electrons. The lowest BCUT2D eigenvalue weighted by molar-refractivity contribution is -0.117. The number of hydrogen-bond donors (Lipinski definition) is 0. The zero-order valence-corrected chi connectivity index (χ0v) is 8.95. The van der Waals surface area contributed by atoms with Crippen molar-refractivity contribution in [2.75, 3.05) is 0 Å². The molecule has 12 heavy (non-hydrogen) atoms. The molecular formula is C9H9BrOS. The molecule has 1 nitrogen and oxygen atoms in total. The number of carbonyl (C=O) groups excluding carboxylic acids is 1. The Morgan fingerprint density at radius 1 is 1.50 bits per heavy atom. The highest BCUT2D eigenvalue weighted by Crippen LogP contribution is 2.37. The van der Waals surface area contributed by atoms with Crippen molar-refractivity contribution in [2.24, 2.45) is 0 Å². The summed E-state index contributed by atoms with van der Waals surface area (Å²) in [5, 5.41) is 4.23. The van der Waals surface area contributed by atoms with Gasteiger partial charge >= 0.3 is 0 Å². The van der Waals surface area contributed by atoms with Gasteiger partial charge in [0.1, 0.15) is 5.78 Å². The van der Waals surface area contributed by atoms with Crippen LogP contribution < -0.4 is 0 Å². The van der Waals surface area contributed by atoms with Crippen molar-refractivity contribution in [2.45, 2.75) is 25.2 Å². The van der Waals surface area contributed by atoms with Gasteiger partial charge < -0.3 is 0 Å². The largest absolute Gasteiger partial charge is 0.300 e. The molecule has 1 aromatic heterocycles. The third-order valence-electron chi connectivity index (χ3n) is 2.33. The van der Waals surface area contributed by atoms with Crippen molar-refractivity contribution < 1.29 is 4.79 Å². The number of halogens is 1. The Bertz CT molecular complexity index is 305. The molecule has 0 saturated heterocycles. The average molecular weight is 245 g/mol. The third kappa shape index (κ3) is 1.48. The normalized spacial score (nSPS) is 23.4. The fourth-order valence-electron chi connectivity index (χ4n) is 1.66. The number of ketones is 1. The second-order valence-corrected chi connectivity index (χ2v) is 4.75. The van der Waals surface area contributed by atoms with Gasteiger partial charge in [-0.25, -0.2) is 0 Å². The van der Waals surface area contributed by atoms with Crippen molar-refractivity contribution in [3.8, 4) is 0 Å². The number of hydrogen-bond acceptors (Lipinski definition) is 2. The van der Waals surface area contributed by atoms with Crippen LogP contribution >= 0.6 is 27.3 Å². The van der Waals surface area contributed by atoms with Gasteiger partial charge in [0.25, 0.3) is 0 Å². The van der Waals surface area contributed by atoms with E-state index >= 15 is 0 Å². The molecule has 0 aromatic carbocycles. The fraction of sp³-hybridized carbons (Fsp3) is 0.444. The van der Waals surface area contributed by atoms with Crippen LogP contribution in [0.3, 0.4) is 0 Å². The maximum Gasteiger partial charge on any atom is 0.133 e. The molecule has 1 atom stereocenters. The molecule has 2 rings (SSSR count). The van der Waals surface area contributed by atoms with Gasteiger partial charge in [-0.1, -0.05) is 0 Å². The van der Waals surface area contributed by atoms with Gasteiger partial charge in [-0.2, -0.15) is 11.3 Å². The molecule has 1 aliphatic rings. The summed E-state index contributed by atoms with van der Waals surface area (Å²) in [7, 11) is 0. The lowest BCUT2D eigenvalue weighted by atomic mass is 10.0. The van der Waals surface area contributed by atoms with Crippen molar-refractivity contribution in [3.05, 3.63) is 20.8 Å². The van der Waals surface area contributed by atoms with Gasteiger partial charge in [-0.15, -0.1) is 0 Å². The topological polar surface area (TPSA) is 17.1 Å². The van der Waals surface area contributed by atoms with Crippen LogP contribution in [-0.2, 0) is 4.79 Å². The number of Topliss-reactive ketones (excluding diaryl/α,β-unsaturated/α-hetero) is 1. The molecule has 1 unspecified atom stereocenters. The molecule has 1 aliphatic carbocycles. The van der Waals surface area contributed by atoms with Crippen LogP contribution in [0.5, 0.6) is 0 Å². The van der Waals surface area contributed by atoms with Crippen LogP contribution in [0.1, 0.15) is 30.7 Å². The number of rotatable bonds is 1. The molecule has 1 saturated carbocycles. The minimum atomic E-state index is 0.415. The van der Waals surface area contributed by atoms with Crippen LogP contribution in [0.4, 0.5) is 0 Å². The summed E-state index contributed by atoms with van der Waals surface area (Å²) in [5.41, 5.74) is 1.32. The highest BCUT2D eigenvalue weighted by Gasteiger charge is 2.25. The predicted molar refractivity (Wildman–Crippen MR) is 53.6 cm³/mol. The molecule has 0 spiro atoms. The van der Waals surface area contributed by atoms with Gasteiger partial charge in [0.2, 0.25) is 0 Å². The van der Waals surface area contributed by atoms with Gasteiger partial charge in [-0.3, -0.25) is 4.79 Å². The van der Waals surface area contributed by atoms with E-state index in [1.165, 1.54) is 10.0 Å². The zero-order valence-electron chi connectivity index (χ0n) is 6.55. The summed E-state index contributed by atoms with van der Waals surface area (Å²) in [6.07, 6.45) is 2.55. The second-order valence-electron chi connectivity index (χ2n) is 3.15. The molecule has 0 radical (unpaired) electrons. The molecule has 3 heteroatoms. The zero-order chi connectivity index (χ0) is 8.55. The standard InChI is InChI=1S/C9H9BrOS/c10-9-5-12-4-8(9)6-1-2-7(11)3-6/h4-6H,1-3H2. The molecular weight excluding hydrogens is 236 g/mol. The van der Waals surface area contributed by atoms with Crippen LogP contribution in [0, 0.1) is 0 Å². The summed E-state index contributed by atoms with van der Waals surface area (Å²) < 4.78 is 1.17. The Labute approximate surface area is 83.9 Å². The Hall–Kier alpha value is -0.150. The highest BCUT2D eigenvalue weighted by molar-refractivity contribution is 9.10. The van der Waals surface area contributed by atoms with E-state index < -0.39 is 0 Å². The Morgan fingerprint density at radius 2 is 2.33 bits per heavy atom. The van der Waals surface area contributed by atoms with E-state index in [4.69, 9.17) is 0 Å². The number of thiophene rings is 1. The Kier molecular flexibility index (Phi) is 2.33. The van der Waals surface area contributed by atoms with E-state index in [1.807, 2.05) is 0 Å². The second kappa shape index (κ2) is 3.30. The maximum atomic E-state index is 11.0. The fourth-order valence-corrected chi connectivity index (χ4v) is 3.37. The van der Waals surface area contributed by atoms with E-state index in [-0.39, 0.29) is 0 Å². The smallest absolute Gasteiger partial charge is 0.133 e. The van der Waals surface area contributed by atoms with Crippen LogP contribution in [-0.4, -0.2) is 5.78 Å². The van der Waals surface area contributed by atoms with E-state index in [2.05, 4.69) is 26.7 Å². The van der Waals surface area contributed by atoms with Crippen molar-refractivity contribution in [3.63, 3.8) is 0 Å². The minimum Gasteiger partial charge on any atom is -0.300 e. The van der Waals surface area contributed by atoms with E-state index in [0.29, 0.717) is 11.7 Å².